The van der Waals surface area contributed by atoms with E-state index in [1.807, 2.05) is 12.5 Å². The fourth-order valence-electron chi connectivity index (χ4n) is 8.26. The highest BCUT2D eigenvalue weighted by Gasteiger charge is 2.60. The van der Waals surface area contributed by atoms with E-state index in [4.69, 9.17) is 17.0 Å². The van der Waals surface area contributed by atoms with Crippen molar-refractivity contribution >= 4 is 12.6 Å². The smallest absolute Gasteiger partial charge is 0.0937 e. The van der Waals surface area contributed by atoms with Crippen molar-refractivity contribution in [2.75, 3.05) is 0 Å². The molecule has 5 rings (SSSR count). The molecule has 8 atom stereocenters. The highest BCUT2D eigenvalue weighted by Crippen LogP contribution is 2.69. The summed E-state index contributed by atoms with van der Waals surface area (Å²) in [5, 5.41) is 0.667. The molecule has 25 heavy (non-hydrogen) atoms. The van der Waals surface area contributed by atoms with E-state index in [1.165, 1.54) is 63.4 Å². The van der Waals surface area contributed by atoms with Crippen LogP contribution in [0.4, 0.5) is 0 Å². The average molecular weight is 359 g/mol. The van der Waals surface area contributed by atoms with Gasteiger partial charge in [0.25, 0.3) is 0 Å². The summed E-state index contributed by atoms with van der Waals surface area (Å²) in [6.45, 7) is 5.29. The van der Waals surface area contributed by atoms with E-state index in [1.54, 1.807) is 0 Å². The van der Waals surface area contributed by atoms with E-state index < -0.39 is 0 Å². The number of furan rings is 1. The van der Waals surface area contributed by atoms with Gasteiger partial charge in [0.1, 0.15) is 0 Å². The van der Waals surface area contributed by atoms with E-state index in [2.05, 4.69) is 19.9 Å². The molecule has 1 unspecified atom stereocenters. The van der Waals surface area contributed by atoms with E-state index >= 15 is 0 Å². The van der Waals surface area contributed by atoms with Crippen molar-refractivity contribution in [2.24, 2.45) is 34.5 Å². The molecule has 0 bridgehead atoms. The van der Waals surface area contributed by atoms with Gasteiger partial charge in [0.05, 0.1) is 12.5 Å². The number of fused-ring (bicyclic) bond motifs is 5. The van der Waals surface area contributed by atoms with Crippen molar-refractivity contribution in [3.8, 4) is 0 Å². The summed E-state index contributed by atoms with van der Waals surface area (Å²) in [7, 11) is 0. The molecule has 1 heterocycles. The van der Waals surface area contributed by atoms with Gasteiger partial charge in [-0.3, -0.25) is 0 Å². The zero-order chi connectivity index (χ0) is 17.2. The molecule has 2 heteroatoms. The zero-order valence-electron chi connectivity index (χ0n) is 15.9. The third-order valence-corrected chi connectivity index (χ3v) is 10.1. The van der Waals surface area contributed by atoms with Gasteiger partial charge >= 0.3 is 0 Å². The van der Waals surface area contributed by atoms with Crippen molar-refractivity contribution in [3.63, 3.8) is 0 Å². The fourth-order valence-corrected chi connectivity index (χ4v) is 8.64. The topological polar surface area (TPSA) is 13.1 Å². The van der Waals surface area contributed by atoms with E-state index in [0.717, 1.165) is 29.6 Å². The van der Waals surface area contributed by atoms with Crippen molar-refractivity contribution < 1.29 is 4.42 Å². The summed E-state index contributed by atoms with van der Waals surface area (Å²) < 4.78 is 5.45. The lowest BCUT2D eigenvalue weighted by molar-refractivity contribution is -0.104. The minimum atomic E-state index is 0.509. The SMILES string of the molecule is C[C@]12CC[C@H]3[C@@H](CCC4C[C@@H](S)CC[C@@]43C)[C@@H]1CC[C@@H]2c1ccoc1. The molecule has 4 fully saturated rings. The Labute approximate surface area is 158 Å². The summed E-state index contributed by atoms with van der Waals surface area (Å²) >= 11 is 4.84. The van der Waals surface area contributed by atoms with Gasteiger partial charge in [-0.15, -0.1) is 0 Å². The molecule has 4 aliphatic carbocycles. The highest BCUT2D eigenvalue weighted by molar-refractivity contribution is 7.80. The van der Waals surface area contributed by atoms with Gasteiger partial charge in [-0.05, 0) is 110 Å². The lowest BCUT2D eigenvalue weighted by Crippen LogP contribution is -2.53. The van der Waals surface area contributed by atoms with Crippen LogP contribution >= 0.6 is 12.6 Å². The molecular weight excluding hydrogens is 324 g/mol. The molecular formula is C23H34OS. The second-order valence-corrected chi connectivity index (χ2v) is 11.0. The van der Waals surface area contributed by atoms with Crippen LogP contribution in [0.25, 0.3) is 0 Å². The van der Waals surface area contributed by atoms with Gasteiger partial charge in [-0.2, -0.15) is 12.6 Å². The van der Waals surface area contributed by atoms with Gasteiger partial charge < -0.3 is 4.42 Å². The lowest BCUT2D eigenvalue weighted by atomic mass is 9.44. The van der Waals surface area contributed by atoms with Crippen LogP contribution in [-0.4, -0.2) is 5.25 Å². The first kappa shape index (κ1) is 16.8. The highest BCUT2D eigenvalue weighted by atomic mass is 32.1. The number of rotatable bonds is 1. The summed E-state index contributed by atoms with van der Waals surface area (Å²) in [5.41, 5.74) is 2.59. The molecule has 1 aromatic heterocycles. The second-order valence-electron chi connectivity index (χ2n) is 10.3. The van der Waals surface area contributed by atoms with Gasteiger partial charge in [-0.25, -0.2) is 0 Å². The molecule has 0 aliphatic heterocycles. The van der Waals surface area contributed by atoms with Crippen LogP contribution in [0.1, 0.15) is 83.1 Å². The molecule has 0 radical (unpaired) electrons. The minimum absolute atomic E-state index is 0.509. The third kappa shape index (κ3) is 2.35. The molecule has 0 spiro atoms. The monoisotopic (exact) mass is 358 g/mol. The van der Waals surface area contributed by atoms with Crippen LogP contribution in [0, 0.1) is 34.5 Å². The molecule has 0 aromatic carbocycles. The third-order valence-electron chi connectivity index (χ3n) is 9.58. The summed E-state index contributed by atoms with van der Waals surface area (Å²) in [6.07, 6.45) is 16.7. The van der Waals surface area contributed by atoms with Gasteiger partial charge in [0.15, 0.2) is 0 Å². The maximum absolute atomic E-state index is 5.45. The molecule has 1 aromatic rings. The van der Waals surface area contributed by atoms with Gasteiger partial charge in [0, 0.05) is 5.25 Å². The maximum Gasteiger partial charge on any atom is 0.0937 e. The Morgan fingerprint density at radius 1 is 0.960 bits per heavy atom. The molecule has 0 saturated heterocycles. The maximum atomic E-state index is 5.45. The molecule has 0 amide bonds. The Hall–Kier alpha value is -0.370. The number of hydrogen-bond donors (Lipinski definition) is 1. The van der Waals surface area contributed by atoms with Crippen LogP contribution in [0.3, 0.4) is 0 Å². The van der Waals surface area contributed by atoms with Crippen LogP contribution in [0.2, 0.25) is 0 Å². The van der Waals surface area contributed by atoms with Crippen LogP contribution in [0.15, 0.2) is 23.0 Å². The van der Waals surface area contributed by atoms with E-state index in [9.17, 15) is 0 Å². The van der Waals surface area contributed by atoms with Gasteiger partial charge in [-0.1, -0.05) is 13.8 Å². The molecule has 138 valence electrons. The standard InChI is InChI=1S/C23H34OS/c1-22-10-7-17(25)13-16(22)3-4-18-20-6-5-19(15-9-12-24-14-15)23(20,2)11-8-21(18)22/h9,12,14,16-21,25H,3-8,10-11,13H2,1-2H3/t16?,17-,18-,19+,20-,21-,22-,23+/m0/s1. The first-order valence-corrected chi connectivity index (χ1v) is 11.2. The molecule has 4 aliphatic rings. The van der Waals surface area contributed by atoms with Crippen molar-refractivity contribution in [2.45, 2.75) is 82.8 Å². The zero-order valence-corrected chi connectivity index (χ0v) is 16.8. The summed E-state index contributed by atoms with van der Waals surface area (Å²) in [4.78, 5) is 0. The van der Waals surface area contributed by atoms with Crippen LogP contribution in [-0.2, 0) is 0 Å². The van der Waals surface area contributed by atoms with Crippen LogP contribution < -0.4 is 0 Å². The Bertz CT molecular complexity index is 624. The Balaban J connectivity index is 1.44. The second kappa shape index (κ2) is 5.81. The minimum Gasteiger partial charge on any atom is -0.472 e. The Kier molecular flexibility index (Phi) is 3.90. The number of hydrogen-bond acceptors (Lipinski definition) is 2. The molecule has 0 N–H and O–H groups in total. The lowest BCUT2D eigenvalue weighted by Gasteiger charge is -2.61. The summed E-state index contributed by atoms with van der Waals surface area (Å²) in [5.74, 6) is 4.58. The predicted molar refractivity (Wildman–Crippen MR) is 106 cm³/mol. The Morgan fingerprint density at radius 3 is 2.56 bits per heavy atom. The van der Waals surface area contributed by atoms with Crippen molar-refractivity contribution in [1.29, 1.82) is 0 Å². The van der Waals surface area contributed by atoms with Crippen molar-refractivity contribution in [1.82, 2.24) is 0 Å². The largest absolute Gasteiger partial charge is 0.472 e. The normalized spacial score (nSPS) is 52.3. The average Bonchev–Trinajstić information content (AvgIpc) is 3.22. The van der Waals surface area contributed by atoms with Crippen molar-refractivity contribution in [3.05, 3.63) is 24.2 Å². The molecule has 4 saturated carbocycles. The van der Waals surface area contributed by atoms with E-state index in [-0.39, 0.29) is 0 Å². The quantitative estimate of drug-likeness (QED) is 0.551. The number of thiol groups is 1. The molecule has 1 nitrogen and oxygen atoms in total. The van der Waals surface area contributed by atoms with E-state index in [0.29, 0.717) is 16.1 Å². The Morgan fingerprint density at radius 2 is 1.76 bits per heavy atom. The first-order valence-electron chi connectivity index (χ1n) is 10.7. The predicted octanol–water partition coefficient (Wildman–Crippen LogP) is 6.70. The van der Waals surface area contributed by atoms with Crippen LogP contribution in [0.5, 0.6) is 0 Å². The fraction of sp³-hybridized carbons (Fsp3) is 0.826. The summed E-state index contributed by atoms with van der Waals surface area (Å²) in [6, 6.07) is 2.23. The first-order chi connectivity index (χ1) is 12.0. The van der Waals surface area contributed by atoms with Gasteiger partial charge in [0.2, 0.25) is 0 Å².